The number of carbonyl (C=O) groups is 1. The zero-order valence-corrected chi connectivity index (χ0v) is 9.62. The van der Waals surface area contributed by atoms with Crippen LogP contribution in [0.25, 0.3) is 0 Å². The average molecular weight is 228 g/mol. The number of carboxylic acids is 1. The van der Waals surface area contributed by atoms with Gasteiger partial charge in [0.05, 0.1) is 0 Å². The van der Waals surface area contributed by atoms with E-state index >= 15 is 0 Å². The third-order valence-corrected chi connectivity index (χ3v) is 2.55. The van der Waals surface area contributed by atoms with Gasteiger partial charge in [0.15, 0.2) is 6.10 Å². The lowest BCUT2D eigenvalue weighted by Gasteiger charge is -2.29. The number of methoxy groups -OCH3 is 1. The first kappa shape index (κ1) is 12.6. The molecular weight excluding hydrogens is 212 g/mol. The smallest absolute Gasteiger partial charge is 0.333 e. The van der Waals surface area contributed by atoms with Crippen molar-refractivity contribution in [3.63, 3.8) is 0 Å². The van der Waals surface area contributed by atoms with E-state index in [1.807, 2.05) is 13.8 Å². The Labute approximate surface area is 93.4 Å². The van der Waals surface area contributed by atoms with Gasteiger partial charge in [-0.05, 0) is 16.8 Å². The summed E-state index contributed by atoms with van der Waals surface area (Å²) >= 11 is 0. The lowest BCUT2D eigenvalue weighted by Crippen LogP contribution is -2.38. The van der Waals surface area contributed by atoms with E-state index < -0.39 is 17.5 Å². The number of hydrogen-bond acceptors (Lipinski definition) is 5. The Balaban J connectivity index is 2.59. The Morgan fingerprint density at radius 3 is 2.75 bits per heavy atom. The molecule has 0 aliphatic heterocycles. The molecule has 7 heteroatoms. The maximum Gasteiger partial charge on any atom is 0.333 e. The Morgan fingerprint density at radius 2 is 2.31 bits per heavy atom. The molecule has 0 aliphatic rings. The van der Waals surface area contributed by atoms with Crippen LogP contribution in [0.5, 0.6) is 0 Å². The molecule has 1 rings (SSSR count). The largest absolute Gasteiger partial charge is 0.479 e. The third kappa shape index (κ3) is 2.99. The van der Waals surface area contributed by atoms with Gasteiger partial charge in [0.1, 0.15) is 6.33 Å². The van der Waals surface area contributed by atoms with E-state index in [1.54, 1.807) is 4.68 Å². The number of aromatic nitrogens is 4. The van der Waals surface area contributed by atoms with E-state index in [0.717, 1.165) is 0 Å². The van der Waals surface area contributed by atoms with Crippen molar-refractivity contribution in [2.75, 3.05) is 7.11 Å². The minimum Gasteiger partial charge on any atom is -0.479 e. The monoisotopic (exact) mass is 228 g/mol. The zero-order valence-electron chi connectivity index (χ0n) is 9.62. The normalized spacial score (nSPS) is 13.7. The van der Waals surface area contributed by atoms with Crippen molar-refractivity contribution in [2.45, 2.75) is 32.9 Å². The van der Waals surface area contributed by atoms with Crippen LogP contribution in [0.3, 0.4) is 0 Å². The summed E-state index contributed by atoms with van der Waals surface area (Å²) < 4.78 is 6.55. The standard InChI is InChI=1S/C9H16N4O3/c1-9(2,7(16-3)8(14)15)4-5-13-6-10-11-12-13/h6-7H,4-5H2,1-3H3,(H,14,15). The first-order valence-corrected chi connectivity index (χ1v) is 4.94. The van der Waals surface area contributed by atoms with Crippen LogP contribution >= 0.6 is 0 Å². The van der Waals surface area contributed by atoms with E-state index in [9.17, 15) is 4.79 Å². The highest BCUT2D eigenvalue weighted by atomic mass is 16.5. The number of aliphatic carboxylic acids is 1. The Morgan fingerprint density at radius 1 is 1.62 bits per heavy atom. The second-order valence-corrected chi connectivity index (χ2v) is 4.27. The fourth-order valence-electron chi connectivity index (χ4n) is 1.57. The highest BCUT2D eigenvalue weighted by Crippen LogP contribution is 2.28. The molecule has 1 aromatic rings. The first-order valence-electron chi connectivity index (χ1n) is 4.94. The summed E-state index contributed by atoms with van der Waals surface area (Å²) in [5.74, 6) is -0.954. The lowest BCUT2D eigenvalue weighted by atomic mass is 9.83. The average Bonchev–Trinajstić information content (AvgIpc) is 2.67. The second kappa shape index (κ2) is 5.02. The maximum absolute atomic E-state index is 11.0. The van der Waals surface area contributed by atoms with Crippen molar-refractivity contribution < 1.29 is 14.6 Å². The third-order valence-electron chi connectivity index (χ3n) is 2.55. The van der Waals surface area contributed by atoms with Gasteiger partial charge in [0, 0.05) is 19.1 Å². The summed E-state index contributed by atoms with van der Waals surface area (Å²) in [5, 5.41) is 19.7. The molecule has 1 heterocycles. The predicted octanol–water partition coefficient (Wildman–Crippen LogP) is 0.189. The van der Waals surface area contributed by atoms with Gasteiger partial charge in [0.25, 0.3) is 0 Å². The van der Waals surface area contributed by atoms with Crippen molar-refractivity contribution in [1.82, 2.24) is 20.2 Å². The van der Waals surface area contributed by atoms with Gasteiger partial charge in [-0.1, -0.05) is 13.8 Å². The van der Waals surface area contributed by atoms with Crippen molar-refractivity contribution >= 4 is 5.97 Å². The maximum atomic E-state index is 11.0. The van der Waals surface area contributed by atoms with Gasteiger partial charge in [-0.2, -0.15) is 0 Å². The van der Waals surface area contributed by atoms with Crippen LogP contribution < -0.4 is 0 Å². The molecule has 1 N–H and O–H groups in total. The van der Waals surface area contributed by atoms with Crippen LogP contribution in [-0.4, -0.2) is 44.5 Å². The molecule has 0 saturated heterocycles. The molecule has 1 unspecified atom stereocenters. The van der Waals surface area contributed by atoms with E-state index in [4.69, 9.17) is 9.84 Å². The van der Waals surface area contributed by atoms with Crippen LogP contribution in [0, 0.1) is 5.41 Å². The van der Waals surface area contributed by atoms with Gasteiger partial charge < -0.3 is 9.84 Å². The Hall–Kier alpha value is -1.50. The fraction of sp³-hybridized carbons (Fsp3) is 0.778. The summed E-state index contributed by atoms with van der Waals surface area (Å²) in [7, 11) is 1.40. The summed E-state index contributed by atoms with van der Waals surface area (Å²) in [6, 6.07) is 0. The quantitative estimate of drug-likeness (QED) is 0.747. The molecule has 16 heavy (non-hydrogen) atoms. The predicted molar refractivity (Wildman–Crippen MR) is 54.6 cm³/mol. The van der Waals surface area contributed by atoms with Gasteiger partial charge in [-0.25, -0.2) is 9.48 Å². The molecule has 0 fully saturated rings. The number of rotatable bonds is 6. The summed E-state index contributed by atoms with van der Waals surface area (Å²) in [6.07, 6.45) is 1.28. The number of nitrogens with zero attached hydrogens (tertiary/aromatic N) is 4. The van der Waals surface area contributed by atoms with E-state index in [2.05, 4.69) is 15.5 Å². The molecule has 90 valence electrons. The molecule has 0 saturated carbocycles. The molecule has 1 aromatic heterocycles. The molecule has 0 bridgehead atoms. The number of aryl methyl sites for hydroxylation is 1. The minimum atomic E-state index is -0.954. The molecule has 0 amide bonds. The van der Waals surface area contributed by atoms with Gasteiger partial charge >= 0.3 is 5.97 Å². The molecule has 0 aromatic carbocycles. The topological polar surface area (TPSA) is 90.1 Å². The summed E-state index contributed by atoms with van der Waals surface area (Å²) in [5.41, 5.74) is -0.480. The first-order chi connectivity index (χ1) is 7.47. The van der Waals surface area contributed by atoms with E-state index in [0.29, 0.717) is 13.0 Å². The SMILES string of the molecule is COC(C(=O)O)C(C)(C)CCn1cnnn1. The van der Waals surface area contributed by atoms with Gasteiger partial charge in [-0.15, -0.1) is 5.10 Å². The highest BCUT2D eigenvalue weighted by molar-refractivity contribution is 5.73. The molecule has 7 nitrogen and oxygen atoms in total. The van der Waals surface area contributed by atoms with Crippen LogP contribution in [0.4, 0.5) is 0 Å². The number of tetrazole rings is 1. The highest BCUT2D eigenvalue weighted by Gasteiger charge is 2.35. The van der Waals surface area contributed by atoms with Crippen molar-refractivity contribution in [2.24, 2.45) is 5.41 Å². The van der Waals surface area contributed by atoms with Crippen LogP contribution in [0.2, 0.25) is 0 Å². The van der Waals surface area contributed by atoms with E-state index in [-0.39, 0.29) is 0 Å². The van der Waals surface area contributed by atoms with Crippen molar-refractivity contribution in [3.8, 4) is 0 Å². The molecule has 1 atom stereocenters. The number of hydrogen-bond donors (Lipinski definition) is 1. The lowest BCUT2D eigenvalue weighted by molar-refractivity contribution is -0.156. The molecule has 0 aliphatic carbocycles. The zero-order chi connectivity index (χ0) is 12.2. The summed E-state index contributed by atoms with van der Waals surface area (Å²) in [6.45, 7) is 4.26. The van der Waals surface area contributed by atoms with Crippen LogP contribution in [-0.2, 0) is 16.1 Å². The number of carboxylic acid groups (broad SMARTS) is 1. The number of ether oxygens (including phenoxy) is 1. The Kier molecular flexibility index (Phi) is 3.94. The van der Waals surface area contributed by atoms with Crippen molar-refractivity contribution in [1.29, 1.82) is 0 Å². The van der Waals surface area contributed by atoms with Gasteiger partial charge in [0.2, 0.25) is 0 Å². The van der Waals surface area contributed by atoms with Crippen molar-refractivity contribution in [3.05, 3.63) is 6.33 Å². The fourth-order valence-corrected chi connectivity index (χ4v) is 1.57. The minimum absolute atomic E-state index is 0.480. The van der Waals surface area contributed by atoms with E-state index in [1.165, 1.54) is 13.4 Å². The van der Waals surface area contributed by atoms with Crippen LogP contribution in [0.1, 0.15) is 20.3 Å². The molecular formula is C9H16N4O3. The van der Waals surface area contributed by atoms with Gasteiger partial charge in [-0.3, -0.25) is 0 Å². The second-order valence-electron chi connectivity index (χ2n) is 4.27. The van der Waals surface area contributed by atoms with Crippen LogP contribution in [0.15, 0.2) is 6.33 Å². The Bertz CT molecular complexity index is 337. The molecule has 0 spiro atoms. The molecule has 0 radical (unpaired) electrons. The summed E-state index contributed by atoms with van der Waals surface area (Å²) in [4.78, 5) is 11.0.